The minimum Gasteiger partial charge on any atom is -0.370 e. The van der Waals surface area contributed by atoms with Crippen molar-refractivity contribution < 1.29 is 8.42 Å². The van der Waals surface area contributed by atoms with E-state index >= 15 is 0 Å². The third kappa shape index (κ3) is 3.81. The maximum absolute atomic E-state index is 12.3. The summed E-state index contributed by atoms with van der Waals surface area (Å²) in [6.45, 7) is 3.56. The van der Waals surface area contributed by atoms with Crippen molar-refractivity contribution in [2.75, 3.05) is 23.7 Å². The quantitative estimate of drug-likeness (QED) is 0.825. The van der Waals surface area contributed by atoms with Gasteiger partial charge in [0.2, 0.25) is 0 Å². The zero-order valence-electron chi connectivity index (χ0n) is 14.2. The smallest absolute Gasteiger partial charge is 0.180 e. The van der Waals surface area contributed by atoms with E-state index in [2.05, 4.69) is 35.2 Å². The molecule has 3 rings (SSSR count). The largest absolute Gasteiger partial charge is 0.370 e. The van der Waals surface area contributed by atoms with Gasteiger partial charge in [0.1, 0.15) is 0 Å². The number of anilines is 1. The van der Waals surface area contributed by atoms with Crippen molar-refractivity contribution in [3.05, 3.63) is 60.2 Å². The Kier molecular flexibility index (Phi) is 5.24. The molecule has 0 N–H and O–H groups in total. The van der Waals surface area contributed by atoms with Gasteiger partial charge in [-0.15, -0.1) is 0 Å². The van der Waals surface area contributed by atoms with Gasteiger partial charge in [-0.3, -0.25) is 0 Å². The molecule has 4 heteroatoms. The Hall–Kier alpha value is -1.81. The van der Waals surface area contributed by atoms with E-state index < -0.39 is 9.84 Å². The standard InChI is InChI=1S/C20H25NO2S/c1-2-24(22,23)20-11-7-6-10-19(20)21-14-12-18(13-15-21)16-17-8-4-3-5-9-17/h3-11,18H,2,12-16H2,1H3. The van der Waals surface area contributed by atoms with E-state index in [1.807, 2.05) is 18.2 Å². The van der Waals surface area contributed by atoms with Crippen molar-refractivity contribution in [1.29, 1.82) is 0 Å². The number of benzene rings is 2. The Labute approximate surface area is 145 Å². The molecule has 3 nitrogen and oxygen atoms in total. The SMILES string of the molecule is CCS(=O)(=O)c1ccccc1N1CCC(Cc2ccccc2)CC1. The van der Waals surface area contributed by atoms with Crippen LogP contribution >= 0.6 is 0 Å². The Balaban J connectivity index is 1.69. The van der Waals surface area contributed by atoms with E-state index in [1.165, 1.54) is 5.56 Å². The van der Waals surface area contributed by atoms with Crippen LogP contribution in [-0.2, 0) is 16.3 Å². The highest BCUT2D eigenvalue weighted by Gasteiger charge is 2.24. The fourth-order valence-corrected chi connectivity index (χ4v) is 4.58. The second-order valence-corrected chi connectivity index (χ2v) is 8.74. The molecule has 0 aromatic heterocycles. The summed E-state index contributed by atoms with van der Waals surface area (Å²) in [6, 6.07) is 18.0. The number of para-hydroxylation sites is 1. The Morgan fingerprint density at radius 3 is 2.25 bits per heavy atom. The fraction of sp³-hybridized carbons (Fsp3) is 0.400. The molecule has 1 aliphatic heterocycles. The van der Waals surface area contributed by atoms with Crippen LogP contribution in [0.3, 0.4) is 0 Å². The number of rotatable bonds is 5. The van der Waals surface area contributed by atoms with Gasteiger partial charge in [-0.2, -0.15) is 0 Å². The number of hydrogen-bond acceptors (Lipinski definition) is 3. The summed E-state index contributed by atoms with van der Waals surface area (Å²) in [5, 5.41) is 0. The molecule has 1 fully saturated rings. The van der Waals surface area contributed by atoms with Crippen molar-refractivity contribution >= 4 is 15.5 Å². The summed E-state index contributed by atoms with van der Waals surface area (Å²) in [7, 11) is -3.18. The molecular weight excluding hydrogens is 318 g/mol. The van der Waals surface area contributed by atoms with Gasteiger partial charge >= 0.3 is 0 Å². The van der Waals surface area contributed by atoms with Gasteiger partial charge in [-0.05, 0) is 42.9 Å². The zero-order valence-corrected chi connectivity index (χ0v) is 15.0. The highest BCUT2D eigenvalue weighted by Crippen LogP contribution is 2.30. The van der Waals surface area contributed by atoms with Gasteiger partial charge in [0.05, 0.1) is 16.3 Å². The molecule has 0 unspecified atom stereocenters. The van der Waals surface area contributed by atoms with Crippen molar-refractivity contribution in [3.8, 4) is 0 Å². The minimum atomic E-state index is -3.18. The van der Waals surface area contributed by atoms with Crippen LogP contribution in [0.2, 0.25) is 0 Å². The van der Waals surface area contributed by atoms with Gasteiger partial charge in [-0.25, -0.2) is 8.42 Å². The second-order valence-electron chi connectivity index (χ2n) is 6.49. The molecule has 128 valence electrons. The van der Waals surface area contributed by atoms with Crippen LogP contribution in [0.1, 0.15) is 25.3 Å². The topological polar surface area (TPSA) is 37.4 Å². The van der Waals surface area contributed by atoms with Crippen molar-refractivity contribution in [3.63, 3.8) is 0 Å². The molecule has 1 aliphatic rings. The lowest BCUT2D eigenvalue weighted by Crippen LogP contribution is -2.35. The highest BCUT2D eigenvalue weighted by atomic mass is 32.2. The molecular formula is C20H25NO2S. The Morgan fingerprint density at radius 2 is 1.58 bits per heavy atom. The average Bonchev–Trinajstić information content (AvgIpc) is 2.63. The van der Waals surface area contributed by atoms with Crippen molar-refractivity contribution in [2.45, 2.75) is 31.1 Å². The third-order valence-electron chi connectivity index (χ3n) is 4.90. The van der Waals surface area contributed by atoms with E-state index in [1.54, 1.807) is 13.0 Å². The predicted molar refractivity (Wildman–Crippen MR) is 99.3 cm³/mol. The van der Waals surface area contributed by atoms with Gasteiger partial charge < -0.3 is 4.90 Å². The molecule has 2 aromatic carbocycles. The van der Waals surface area contributed by atoms with Gasteiger partial charge in [0, 0.05) is 13.1 Å². The first-order valence-corrected chi connectivity index (χ1v) is 10.4. The molecule has 0 amide bonds. The number of piperidine rings is 1. The van der Waals surface area contributed by atoms with Crippen LogP contribution < -0.4 is 4.90 Å². The van der Waals surface area contributed by atoms with Crippen molar-refractivity contribution in [2.24, 2.45) is 5.92 Å². The first kappa shape index (κ1) is 17.0. The van der Waals surface area contributed by atoms with Crippen LogP contribution in [-0.4, -0.2) is 27.3 Å². The molecule has 24 heavy (non-hydrogen) atoms. The third-order valence-corrected chi connectivity index (χ3v) is 6.68. The fourth-order valence-electron chi connectivity index (χ4n) is 3.46. The van der Waals surface area contributed by atoms with Crippen LogP contribution in [0.4, 0.5) is 5.69 Å². The summed E-state index contributed by atoms with van der Waals surface area (Å²) in [6.07, 6.45) is 3.33. The summed E-state index contributed by atoms with van der Waals surface area (Å²) >= 11 is 0. The lowest BCUT2D eigenvalue weighted by molar-refractivity contribution is 0.403. The number of nitrogens with zero attached hydrogens (tertiary/aromatic N) is 1. The number of hydrogen-bond donors (Lipinski definition) is 0. The van der Waals surface area contributed by atoms with E-state index in [0.29, 0.717) is 10.8 Å². The van der Waals surface area contributed by atoms with E-state index in [0.717, 1.165) is 38.0 Å². The predicted octanol–water partition coefficient (Wildman–Crippen LogP) is 3.94. The highest BCUT2D eigenvalue weighted by molar-refractivity contribution is 7.91. The first-order valence-electron chi connectivity index (χ1n) is 8.71. The Bertz CT molecular complexity index is 763. The molecule has 0 bridgehead atoms. The normalized spacial score (nSPS) is 16.3. The zero-order chi connectivity index (χ0) is 17.0. The second kappa shape index (κ2) is 7.39. The Morgan fingerprint density at radius 1 is 0.958 bits per heavy atom. The first-order chi connectivity index (χ1) is 11.6. The molecule has 0 aliphatic carbocycles. The van der Waals surface area contributed by atoms with Crippen molar-refractivity contribution in [1.82, 2.24) is 0 Å². The van der Waals surface area contributed by atoms with Gasteiger partial charge in [-0.1, -0.05) is 49.4 Å². The molecule has 1 saturated heterocycles. The molecule has 0 atom stereocenters. The van der Waals surface area contributed by atoms with Gasteiger partial charge in [0.25, 0.3) is 0 Å². The van der Waals surface area contributed by atoms with E-state index in [4.69, 9.17) is 0 Å². The molecule has 0 radical (unpaired) electrons. The molecule has 1 heterocycles. The van der Waals surface area contributed by atoms with Crippen LogP contribution in [0.25, 0.3) is 0 Å². The maximum atomic E-state index is 12.3. The van der Waals surface area contributed by atoms with E-state index in [-0.39, 0.29) is 5.75 Å². The summed E-state index contributed by atoms with van der Waals surface area (Å²) < 4.78 is 24.7. The maximum Gasteiger partial charge on any atom is 0.180 e. The average molecular weight is 343 g/mol. The van der Waals surface area contributed by atoms with Crippen LogP contribution in [0.15, 0.2) is 59.5 Å². The summed E-state index contributed by atoms with van der Waals surface area (Å²) in [4.78, 5) is 2.72. The minimum absolute atomic E-state index is 0.147. The summed E-state index contributed by atoms with van der Waals surface area (Å²) in [5.41, 5.74) is 2.27. The lowest BCUT2D eigenvalue weighted by Gasteiger charge is -2.34. The van der Waals surface area contributed by atoms with Crippen LogP contribution in [0.5, 0.6) is 0 Å². The lowest BCUT2D eigenvalue weighted by atomic mass is 9.90. The molecule has 0 spiro atoms. The summed E-state index contributed by atoms with van der Waals surface area (Å²) in [5.74, 6) is 0.827. The van der Waals surface area contributed by atoms with Gasteiger partial charge in [0.15, 0.2) is 9.84 Å². The van der Waals surface area contributed by atoms with E-state index in [9.17, 15) is 8.42 Å². The molecule has 2 aromatic rings. The monoisotopic (exact) mass is 343 g/mol. The number of sulfone groups is 1. The molecule has 0 saturated carbocycles. The van der Waals surface area contributed by atoms with Crippen LogP contribution in [0, 0.1) is 5.92 Å².